The van der Waals surface area contributed by atoms with Crippen LogP contribution in [0.5, 0.6) is 34.5 Å². The number of likely N-dealkylation sites (N-methyl/N-ethyl adjacent to an activating group) is 2. The Bertz CT molecular complexity index is 3240. The molecule has 1 heterocycles. The van der Waals surface area contributed by atoms with Gasteiger partial charge in [0.1, 0.15) is 72.6 Å². The van der Waals surface area contributed by atoms with Gasteiger partial charge in [-0.25, -0.2) is 0 Å². The number of nitrogens with zero attached hydrogens (tertiary/aromatic N) is 3. The Morgan fingerprint density at radius 2 is 0.870 bits per heavy atom. The number of likely N-dealkylation sites (tertiary alicyclic amines) is 1. The number of esters is 3. The number of carboxylic acid groups (broad SMARTS) is 3. The van der Waals surface area contributed by atoms with Gasteiger partial charge in [0.05, 0.1) is 59.9 Å². The molecular formula is C71H89N3O18. The van der Waals surface area contributed by atoms with Crippen molar-refractivity contribution >= 4 is 35.8 Å². The third kappa shape index (κ3) is 28.3. The zero-order chi connectivity index (χ0) is 66.6. The molecule has 21 nitrogen and oxygen atoms in total. The third-order valence-corrected chi connectivity index (χ3v) is 14.2. The quantitative estimate of drug-likeness (QED) is 0.0247. The normalized spacial score (nSPS) is 12.9. The fourth-order valence-corrected chi connectivity index (χ4v) is 9.75. The average molecular weight is 1270 g/mol. The number of para-hydroxylation sites is 3. The monoisotopic (exact) mass is 1270 g/mol. The Hall–Kier alpha value is -9.18. The second-order valence-electron chi connectivity index (χ2n) is 22.3. The predicted molar refractivity (Wildman–Crippen MR) is 348 cm³/mol. The Labute approximate surface area is 539 Å². The highest BCUT2D eigenvalue weighted by Crippen LogP contribution is 2.34. The summed E-state index contributed by atoms with van der Waals surface area (Å²) in [5, 5.41) is 26.3. The lowest BCUT2D eigenvalue weighted by Crippen LogP contribution is -2.41. The minimum Gasteiger partial charge on any atom is -0.497 e. The Morgan fingerprint density at radius 3 is 1.40 bits per heavy atom. The summed E-state index contributed by atoms with van der Waals surface area (Å²) in [6.07, 6.45) is 2.43. The van der Waals surface area contributed by atoms with Crippen LogP contribution < -0.4 is 28.4 Å². The molecule has 3 unspecified atom stereocenters. The predicted octanol–water partition coefficient (Wildman–Crippen LogP) is 10.3. The first-order valence-electron chi connectivity index (χ1n) is 30.6. The van der Waals surface area contributed by atoms with Gasteiger partial charge in [-0.3, -0.25) is 33.7 Å². The second kappa shape index (κ2) is 40.5. The van der Waals surface area contributed by atoms with E-state index in [4.69, 9.17) is 58.0 Å². The summed E-state index contributed by atoms with van der Waals surface area (Å²) in [5.41, 5.74) is 6.01. The number of hydrogen-bond acceptors (Lipinski definition) is 18. The topological polar surface area (TPSA) is 256 Å². The number of aliphatic carboxylic acids is 3. The molecular weight excluding hydrogens is 1180 g/mol. The van der Waals surface area contributed by atoms with Crippen LogP contribution >= 0.6 is 0 Å². The highest BCUT2D eigenvalue weighted by molar-refractivity contribution is 5.78. The van der Waals surface area contributed by atoms with Crippen LogP contribution in [0.25, 0.3) is 22.3 Å². The number of methoxy groups -OCH3 is 3. The second-order valence-corrected chi connectivity index (χ2v) is 22.3. The minimum absolute atomic E-state index is 0.136. The van der Waals surface area contributed by atoms with Crippen LogP contribution in [0, 0.1) is 0 Å². The number of rotatable bonds is 35. The molecule has 3 N–H and O–H groups in total. The molecule has 0 bridgehead atoms. The number of ether oxygens (including phenoxy) is 9. The van der Waals surface area contributed by atoms with Gasteiger partial charge in [-0.05, 0) is 144 Å². The fourth-order valence-electron chi connectivity index (χ4n) is 9.75. The molecule has 0 saturated carbocycles. The summed E-state index contributed by atoms with van der Waals surface area (Å²) in [4.78, 5) is 74.2. The molecule has 6 aromatic carbocycles. The van der Waals surface area contributed by atoms with Gasteiger partial charge < -0.3 is 67.8 Å². The zero-order valence-corrected chi connectivity index (χ0v) is 53.8. The highest BCUT2D eigenvalue weighted by atomic mass is 16.6. The molecule has 92 heavy (non-hydrogen) atoms. The first-order chi connectivity index (χ1) is 44.3. The minimum atomic E-state index is -1.03. The van der Waals surface area contributed by atoms with Gasteiger partial charge >= 0.3 is 35.8 Å². The fraction of sp³-hybridized carbons (Fsp3) is 0.408. The summed E-state index contributed by atoms with van der Waals surface area (Å²) < 4.78 is 50.5. The van der Waals surface area contributed by atoms with Gasteiger partial charge in [-0.2, -0.15) is 0 Å². The number of hydrogen-bond donors (Lipinski definition) is 3. The smallest absolute Gasteiger partial charge is 0.306 e. The maximum Gasteiger partial charge on any atom is 0.306 e. The summed E-state index contributed by atoms with van der Waals surface area (Å²) >= 11 is 0. The van der Waals surface area contributed by atoms with Crippen LogP contribution in [0.4, 0.5) is 0 Å². The van der Waals surface area contributed by atoms with Gasteiger partial charge in [-0.15, -0.1) is 0 Å². The summed E-state index contributed by atoms with van der Waals surface area (Å²) in [6.45, 7) is 3.99. The molecule has 1 aliphatic rings. The first-order valence-corrected chi connectivity index (χ1v) is 30.6. The molecule has 3 atom stereocenters. The molecule has 1 fully saturated rings. The molecule has 6 aromatic rings. The van der Waals surface area contributed by atoms with E-state index < -0.39 is 54.1 Å². The van der Waals surface area contributed by atoms with Crippen molar-refractivity contribution in [1.82, 2.24) is 14.7 Å². The Kier molecular flexibility index (Phi) is 32.4. The molecule has 0 radical (unpaired) electrons. The van der Waals surface area contributed by atoms with Crippen LogP contribution in [0.1, 0.15) is 68.9 Å². The van der Waals surface area contributed by atoms with Gasteiger partial charge in [0.25, 0.3) is 0 Å². The van der Waals surface area contributed by atoms with Crippen molar-refractivity contribution in [2.75, 3.05) is 102 Å². The number of benzene rings is 6. The number of carbonyl (C=O) groups is 6. The molecule has 1 saturated heterocycles. The first kappa shape index (κ1) is 73.6. The number of piperidine rings is 1. The summed E-state index contributed by atoms with van der Waals surface area (Å²) in [5.74, 6) is -0.255. The van der Waals surface area contributed by atoms with Crippen molar-refractivity contribution in [1.29, 1.82) is 0 Å². The highest BCUT2D eigenvalue weighted by Gasteiger charge is 2.24. The summed E-state index contributed by atoms with van der Waals surface area (Å²) in [7, 11) is 12.4. The van der Waals surface area contributed by atoms with Crippen LogP contribution in [0.15, 0.2) is 146 Å². The Morgan fingerprint density at radius 1 is 0.435 bits per heavy atom. The van der Waals surface area contributed by atoms with Crippen molar-refractivity contribution in [3.63, 3.8) is 0 Å². The van der Waals surface area contributed by atoms with Gasteiger partial charge in [-0.1, -0.05) is 97.4 Å². The van der Waals surface area contributed by atoms with E-state index >= 15 is 0 Å². The zero-order valence-electron chi connectivity index (χ0n) is 53.8. The van der Waals surface area contributed by atoms with Crippen LogP contribution in [-0.4, -0.2) is 186 Å². The standard InChI is InChI=1S/C27H35NO6.2C22H27NO6/c1-32-23-10-7-8-21(18-23)12-13-22-9-3-4-11-25(22)33-20-24(19-28-16-5-2-6-17-28)34-27(31)15-14-26(29)30;1-23(2)14-18(29-22(26)12-11-21(24)25)15-28-17-8-6-7-16(13-17)19-9-4-5-10-20(19)27-3;1-23(2)14-18(29-22(26)12-11-21(24)25)15-28-20-10-5-4-9-19(20)16-7-6-8-17(13-16)27-3/h3-4,7-11,18,24H,2,5-6,12-17,19-20H2,1H3,(H,29,30);2*4-10,13,18H,11-12,14-15H2,1-3H3,(H,24,25). The lowest BCUT2D eigenvalue weighted by molar-refractivity contribution is -0.154. The molecule has 0 aliphatic carbocycles. The lowest BCUT2D eigenvalue weighted by Gasteiger charge is -2.30. The SMILES string of the molecule is COc1cccc(-c2ccccc2OCC(CN(C)C)OC(=O)CCC(=O)O)c1.COc1cccc(CCc2ccccc2OCC(CN2CCCCC2)OC(=O)CCC(=O)O)c1.COc1ccccc1-c1cccc(OCC(CN(C)C)OC(=O)CCC(=O)O)c1. The third-order valence-electron chi connectivity index (χ3n) is 14.2. The largest absolute Gasteiger partial charge is 0.497 e. The van der Waals surface area contributed by atoms with Gasteiger partial charge in [0, 0.05) is 30.8 Å². The van der Waals surface area contributed by atoms with Crippen molar-refractivity contribution in [3.05, 3.63) is 157 Å². The number of carboxylic acids is 3. The van der Waals surface area contributed by atoms with E-state index in [0.717, 1.165) is 89.6 Å². The van der Waals surface area contributed by atoms with E-state index in [1.807, 2.05) is 178 Å². The number of aryl methyl sites for hydroxylation is 2. The van der Waals surface area contributed by atoms with E-state index in [1.165, 1.54) is 12.0 Å². The van der Waals surface area contributed by atoms with Crippen molar-refractivity contribution < 1.29 is 86.7 Å². The van der Waals surface area contributed by atoms with Crippen LogP contribution in [-0.2, 0) is 55.8 Å². The maximum atomic E-state index is 12.2. The van der Waals surface area contributed by atoms with E-state index in [-0.39, 0.29) is 58.3 Å². The van der Waals surface area contributed by atoms with E-state index in [2.05, 4.69) is 11.0 Å². The van der Waals surface area contributed by atoms with Crippen molar-refractivity contribution in [2.45, 2.75) is 88.9 Å². The Balaban J connectivity index is 0.000000252. The van der Waals surface area contributed by atoms with Crippen molar-refractivity contribution in [2.24, 2.45) is 0 Å². The average Bonchev–Trinajstić information content (AvgIpc) is 1.09. The van der Waals surface area contributed by atoms with E-state index in [1.54, 1.807) is 21.3 Å². The van der Waals surface area contributed by atoms with E-state index in [0.29, 0.717) is 31.1 Å². The van der Waals surface area contributed by atoms with Crippen molar-refractivity contribution in [3.8, 4) is 56.8 Å². The van der Waals surface area contributed by atoms with Crippen LogP contribution in [0.3, 0.4) is 0 Å². The molecule has 496 valence electrons. The van der Waals surface area contributed by atoms with Gasteiger partial charge in [0.2, 0.25) is 0 Å². The molecule has 0 amide bonds. The molecule has 7 rings (SSSR count). The summed E-state index contributed by atoms with van der Waals surface area (Å²) in [6, 6.07) is 46.5. The van der Waals surface area contributed by atoms with Gasteiger partial charge in [0.15, 0.2) is 0 Å². The molecule has 0 spiro atoms. The van der Waals surface area contributed by atoms with Crippen LogP contribution in [0.2, 0.25) is 0 Å². The molecule has 1 aliphatic heterocycles. The molecule has 21 heteroatoms. The lowest BCUT2D eigenvalue weighted by atomic mass is 10.0. The molecule has 0 aromatic heterocycles. The number of carbonyl (C=O) groups excluding carboxylic acids is 3. The van der Waals surface area contributed by atoms with E-state index in [9.17, 15) is 28.8 Å². The maximum absolute atomic E-state index is 12.2.